The number of hydrogen-bond donors (Lipinski definition) is 0. The minimum atomic E-state index is -0.745. The number of rotatable bonds is 8. The zero-order valence-corrected chi connectivity index (χ0v) is 23.7. The largest absolute Gasteiger partial charge is 0.327 e. The maximum absolute atomic E-state index is 14.8. The van der Waals surface area contributed by atoms with E-state index in [1.54, 1.807) is 35.2 Å². The second-order valence-corrected chi connectivity index (χ2v) is 10.6. The molecule has 0 fully saturated rings. The molecule has 1 heterocycles. The highest BCUT2D eigenvalue weighted by Crippen LogP contribution is 2.29. The van der Waals surface area contributed by atoms with E-state index < -0.39 is 11.6 Å². The van der Waals surface area contributed by atoms with Crippen molar-refractivity contribution < 1.29 is 13.6 Å². The molecular formula is C33H26ClF2N5O. The number of benzene rings is 4. The van der Waals surface area contributed by atoms with Gasteiger partial charge >= 0.3 is 0 Å². The Morgan fingerprint density at radius 2 is 1.76 bits per heavy atom. The number of amides is 1. The highest BCUT2D eigenvalue weighted by Gasteiger charge is 2.22. The number of hydrogen-bond acceptors (Lipinski definition) is 4. The van der Waals surface area contributed by atoms with Gasteiger partial charge in [0, 0.05) is 28.8 Å². The van der Waals surface area contributed by atoms with Crippen LogP contribution in [-0.4, -0.2) is 25.6 Å². The van der Waals surface area contributed by atoms with Gasteiger partial charge in [-0.15, -0.1) is 10.2 Å². The summed E-state index contributed by atoms with van der Waals surface area (Å²) in [5.41, 5.74) is 5.71. The summed E-state index contributed by atoms with van der Waals surface area (Å²) < 4.78 is 30.2. The van der Waals surface area contributed by atoms with Gasteiger partial charge in [0.2, 0.25) is 0 Å². The van der Waals surface area contributed by atoms with E-state index in [0.717, 1.165) is 33.9 Å². The first-order chi connectivity index (χ1) is 20.2. The number of aromatic nitrogens is 3. The van der Waals surface area contributed by atoms with Crippen LogP contribution in [0, 0.1) is 36.8 Å². The number of carbonyl (C=O) groups excluding carboxylic acids is 1. The first kappa shape index (κ1) is 28.7. The fourth-order valence-corrected chi connectivity index (χ4v) is 5.07. The van der Waals surface area contributed by atoms with Crippen LogP contribution in [0.4, 0.5) is 8.78 Å². The molecule has 5 aromatic rings. The summed E-state index contributed by atoms with van der Waals surface area (Å²) in [6, 6.07) is 23.6. The highest BCUT2D eigenvalue weighted by molar-refractivity contribution is 6.31. The molecule has 210 valence electrons. The van der Waals surface area contributed by atoms with Crippen LogP contribution in [0.15, 0.2) is 85.2 Å². The number of carbonyl (C=O) groups is 1. The topological polar surface area (TPSA) is 74.8 Å². The Labute approximate surface area is 247 Å². The van der Waals surface area contributed by atoms with E-state index in [9.17, 15) is 13.6 Å². The minimum absolute atomic E-state index is 0.0193. The zero-order valence-electron chi connectivity index (χ0n) is 23.0. The predicted molar refractivity (Wildman–Crippen MR) is 157 cm³/mol. The van der Waals surface area contributed by atoms with Gasteiger partial charge < -0.3 is 9.47 Å². The van der Waals surface area contributed by atoms with Crippen molar-refractivity contribution in [1.29, 1.82) is 5.26 Å². The van der Waals surface area contributed by atoms with E-state index in [1.807, 2.05) is 50.2 Å². The van der Waals surface area contributed by atoms with Crippen LogP contribution < -0.4 is 0 Å². The number of nitriles is 1. The van der Waals surface area contributed by atoms with Gasteiger partial charge in [-0.25, -0.2) is 8.78 Å². The SMILES string of the molecule is Cc1cc(Cl)cc(-c2cc(C(=O)N(Cc3ccc(F)cc3F)Cc3nncn3Cc3ccc(C#N)cc3)ccc2C)c1. The lowest BCUT2D eigenvalue weighted by atomic mass is 9.96. The van der Waals surface area contributed by atoms with Crippen LogP contribution >= 0.6 is 11.6 Å². The van der Waals surface area contributed by atoms with E-state index >= 15 is 0 Å². The maximum atomic E-state index is 14.8. The van der Waals surface area contributed by atoms with Crippen molar-refractivity contribution in [2.24, 2.45) is 0 Å². The molecule has 0 aliphatic rings. The van der Waals surface area contributed by atoms with Crippen LogP contribution in [-0.2, 0) is 19.6 Å². The molecule has 5 rings (SSSR count). The molecule has 0 atom stereocenters. The molecule has 1 aromatic heterocycles. The molecule has 0 spiro atoms. The monoisotopic (exact) mass is 581 g/mol. The minimum Gasteiger partial charge on any atom is -0.327 e. The summed E-state index contributed by atoms with van der Waals surface area (Å²) in [4.78, 5) is 15.5. The molecule has 0 saturated heterocycles. The van der Waals surface area contributed by atoms with Crippen LogP contribution in [0.2, 0.25) is 5.02 Å². The second-order valence-electron chi connectivity index (χ2n) is 10.1. The Morgan fingerprint density at radius 1 is 0.976 bits per heavy atom. The Balaban J connectivity index is 1.49. The highest BCUT2D eigenvalue weighted by atomic mass is 35.5. The number of aryl methyl sites for hydroxylation is 2. The molecule has 0 bridgehead atoms. The Kier molecular flexibility index (Phi) is 8.41. The first-order valence-corrected chi connectivity index (χ1v) is 13.5. The van der Waals surface area contributed by atoms with Gasteiger partial charge in [-0.1, -0.05) is 41.9 Å². The van der Waals surface area contributed by atoms with E-state index in [0.29, 0.717) is 28.5 Å². The standard InChI is InChI=1S/C33H26ClF2N5O/c1-21-11-27(13-28(34)12-21)30-14-25(8-3-22(30)2)33(42)40(18-26-9-10-29(35)15-31(26)36)19-32-39-38-20-41(32)17-24-6-4-23(16-37)5-7-24/h3-15,20H,17-19H2,1-2H3. The van der Waals surface area contributed by atoms with E-state index in [1.165, 1.54) is 17.0 Å². The molecule has 9 heteroatoms. The van der Waals surface area contributed by atoms with Crippen molar-refractivity contribution in [3.63, 3.8) is 0 Å². The van der Waals surface area contributed by atoms with Crippen molar-refractivity contribution in [2.75, 3.05) is 0 Å². The third-order valence-electron chi connectivity index (χ3n) is 6.97. The molecule has 0 N–H and O–H groups in total. The van der Waals surface area contributed by atoms with Crippen molar-refractivity contribution in [3.8, 4) is 17.2 Å². The van der Waals surface area contributed by atoms with Crippen LogP contribution in [0.25, 0.3) is 11.1 Å². The van der Waals surface area contributed by atoms with E-state index in [4.69, 9.17) is 16.9 Å². The lowest BCUT2D eigenvalue weighted by Gasteiger charge is -2.24. The first-order valence-electron chi connectivity index (χ1n) is 13.2. The molecule has 1 amide bonds. The van der Waals surface area contributed by atoms with Gasteiger partial charge in [-0.3, -0.25) is 4.79 Å². The smallest absolute Gasteiger partial charge is 0.254 e. The normalized spacial score (nSPS) is 10.9. The molecule has 0 unspecified atom stereocenters. The van der Waals surface area contributed by atoms with Gasteiger partial charge in [0.05, 0.1) is 24.7 Å². The van der Waals surface area contributed by atoms with Gasteiger partial charge in [0.15, 0.2) is 5.82 Å². The molecule has 0 aliphatic carbocycles. The molecule has 4 aromatic carbocycles. The van der Waals surface area contributed by atoms with Gasteiger partial charge in [0.25, 0.3) is 5.91 Å². The van der Waals surface area contributed by atoms with E-state index in [2.05, 4.69) is 16.3 Å². The molecule has 0 saturated carbocycles. The summed E-state index contributed by atoms with van der Waals surface area (Å²) in [5.74, 6) is -1.32. The lowest BCUT2D eigenvalue weighted by molar-refractivity contribution is 0.0722. The number of halogens is 3. The van der Waals surface area contributed by atoms with Crippen molar-refractivity contribution in [3.05, 3.63) is 141 Å². The van der Waals surface area contributed by atoms with Gasteiger partial charge in [0.1, 0.15) is 18.0 Å². The second kappa shape index (κ2) is 12.3. The average Bonchev–Trinajstić information content (AvgIpc) is 3.40. The summed E-state index contributed by atoms with van der Waals surface area (Å²) in [5, 5.41) is 18.0. The van der Waals surface area contributed by atoms with E-state index in [-0.39, 0.29) is 24.6 Å². The molecule has 42 heavy (non-hydrogen) atoms. The van der Waals surface area contributed by atoms with Crippen molar-refractivity contribution in [2.45, 2.75) is 33.5 Å². The summed E-state index contributed by atoms with van der Waals surface area (Å²) in [6.45, 7) is 4.22. The lowest BCUT2D eigenvalue weighted by Crippen LogP contribution is -2.32. The summed E-state index contributed by atoms with van der Waals surface area (Å²) >= 11 is 6.32. The number of nitrogens with zero attached hydrogens (tertiary/aromatic N) is 5. The third kappa shape index (κ3) is 6.54. The van der Waals surface area contributed by atoms with Gasteiger partial charge in [-0.05, 0) is 84.1 Å². The fraction of sp³-hybridized carbons (Fsp3) is 0.152. The fourth-order valence-electron chi connectivity index (χ4n) is 4.78. The quantitative estimate of drug-likeness (QED) is 0.193. The van der Waals surface area contributed by atoms with Crippen molar-refractivity contribution in [1.82, 2.24) is 19.7 Å². The zero-order chi connectivity index (χ0) is 29.8. The Morgan fingerprint density at radius 3 is 2.48 bits per heavy atom. The van der Waals surface area contributed by atoms with Crippen molar-refractivity contribution >= 4 is 17.5 Å². The van der Waals surface area contributed by atoms with Crippen LogP contribution in [0.5, 0.6) is 0 Å². The maximum Gasteiger partial charge on any atom is 0.254 e. The summed E-state index contributed by atoms with van der Waals surface area (Å²) in [7, 11) is 0. The Hall–Kier alpha value is -4.87. The predicted octanol–water partition coefficient (Wildman–Crippen LogP) is 7.26. The average molecular weight is 582 g/mol. The molecule has 0 radical (unpaired) electrons. The molecule has 0 aliphatic heterocycles. The third-order valence-corrected chi connectivity index (χ3v) is 7.18. The Bertz CT molecular complexity index is 1790. The molecular weight excluding hydrogens is 556 g/mol. The van der Waals surface area contributed by atoms with Gasteiger partial charge in [-0.2, -0.15) is 5.26 Å². The molecule has 6 nitrogen and oxygen atoms in total. The summed E-state index contributed by atoms with van der Waals surface area (Å²) in [6.07, 6.45) is 1.56. The van der Waals surface area contributed by atoms with Crippen LogP contribution in [0.3, 0.4) is 0 Å². The van der Waals surface area contributed by atoms with Crippen LogP contribution in [0.1, 0.15) is 44.0 Å².